The van der Waals surface area contributed by atoms with Crippen LogP contribution >= 0.6 is 0 Å². The summed E-state index contributed by atoms with van der Waals surface area (Å²) in [6, 6.07) is 3.37. The maximum atomic E-state index is 12.9. The minimum absolute atomic E-state index is 0.00491. The predicted octanol–water partition coefficient (Wildman–Crippen LogP) is 2.33. The number of aromatic nitrogens is 3. The van der Waals surface area contributed by atoms with Gasteiger partial charge in [-0.2, -0.15) is 4.98 Å². The van der Waals surface area contributed by atoms with Crippen LogP contribution in [0.5, 0.6) is 0 Å². The third-order valence-electron chi connectivity index (χ3n) is 6.08. The molecule has 2 N–H and O–H groups in total. The summed E-state index contributed by atoms with van der Waals surface area (Å²) in [6.07, 6.45) is 8.58. The Bertz CT molecular complexity index is 871. The maximum Gasteiger partial charge on any atom is 0.317 e. The van der Waals surface area contributed by atoms with E-state index in [1.807, 2.05) is 17.0 Å². The van der Waals surface area contributed by atoms with Crippen molar-refractivity contribution in [3.63, 3.8) is 0 Å². The molecule has 160 valence electrons. The second-order valence-corrected chi connectivity index (χ2v) is 7.99. The van der Waals surface area contributed by atoms with E-state index < -0.39 is 0 Å². The lowest BCUT2D eigenvalue weighted by Crippen LogP contribution is -2.50. The molecule has 0 spiro atoms. The van der Waals surface area contributed by atoms with Gasteiger partial charge in [0, 0.05) is 50.1 Å². The molecule has 3 heterocycles. The number of carbonyl (C=O) groups excluding carboxylic acids is 2. The summed E-state index contributed by atoms with van der Waals surface area (Å²) in [5.74, 6) is 0.640. The molecule has 1 saturated carbocycles. The Morgan fingerprint density at radius 3 is 2.93 bits per heavy atom. The van der Waals surface area contributed by atoms with E-state index in [1.165, 1.54) is 0 Å². The van der Waals surface area contributed by atoms with Gasteiger partial charge >= 0.3 is 6.03 Å². The zero-order chi connectivity index (χ0) is 20.9. The molecule has 0 radical (unpaired) electrons. The van der Waals surface area contributed by atoms with Gasteiger partial charge in [-0.1, -0.05) is 18.0 Å². The molecule has 1 aliphatic carbocycles. The molecule has 0 aromatic carbocycles. The number of fused-ring (bicyclic) bond motifs is 1. The number of nitrogens with one attached hydrogen (secondary N) is 2. The van der Waals surface area contributed by atoms with Gasteiger partial charge in [0.1, 0.15) is 0 Å². The summed E-state index contributed by atoms with van der Waals surface area (Å²) in [6.45, 7) is 1.32. The van der Waals surface area contributed by atoms with E-state index in [0.29, 0.717) is 37.6 Å². The van der Waals surface area contributed by atoms with E-state index >= 15 is 0 Å². The highest BCUT2D eigenvalue weighted by Crippen LogP contribution is 2.41. The molecule has 0 unspecified atom stereocenters. The highest BCUT2D eigenvalue weighted by atomic mass is 16.5. The van der Waals surface area contributed by atoms with Crippen LogP contribution in [0.2, 0.25) is 0 Å². The van der Waals surface area contributed by atoms with Crippen molar-refractivity contribution >= 4 is 11.9 Å². The van der Waals surface area contributed by atoms with Crippen LogP contribution in [0.4, 0.5) is 4.79 Å². The fourth-order valence-electron chi connectivity index (χ4n) is 4.52. The molecule has 9 heteroatoms. The Morgan fingerprint density at radius 1 is 1.27 bits per heavy atom. The molecule has 1 saturated heterocycles. The fraction of sp³-hybridized carbons (Fsp3) is 0.571. The second kappa shape index (κ2) is 9.23. The number of pyridine rings is 1. The van der Waals surface area contributed by atoms with Crippen molar-refractivity contribution < 1.29 is 14.1 Å². The van der Waals surface area contributed by atoms with E-state index in [9.17, 15) is 9.59 Å². The molecule has 2 aliphatic rings. The summed E-state index contributed by atoms with van der Waals surface area (Å²) in [5.41, 5.74) is 0.783. The van der Waals surface area contributed by atoms with Crippen LogP contribution in [0.25, 0.3) is 11.4 Å². The molecule has 30 heavy (non-hydrogen) atoms. The molecule has 0 bridgehead atoms. The van der Waals surface area contributed by atoms with Crippen molar-refractivity contribution in [1.29, 1.82) is 0 Å². The molecule has 1 aliphatic heterocycles. The van der Waals surface area contributed by atoms with Crippen LogP contribution < -0.4 is 10.6 Å². The molecule has 9 nitrogen and oxygen atoms in total. The van der Waals surface area contributed by atoms with Gasteiger partial charge in [-0.15, -0.1) is 0 Å². The Morgan fingerprint density at radius 2 is 2.13 bits per heavy atom. The molecular formula is C21H28N6O3. The van der Waals surface area contributed by atoms with Crippen molar-refractivity contribution in [2.45, 2.75) is 50.5 Å². The molecule has 3 amide bonds. The fourth-order valence-corrected chi connectivity index (χ4v) is 4.52. The Kier molecular flexibility index (Phi) is 6.25. The van der Waals surface area contributed by atoms with Crippen LogP contribution in [-0.2, 0) is 4.79 Å². The van der Waals surface area contributed by atoms with Gasteiger partial charge in [-0.25, -0.2) is 4.79 Å². The van der Waals surface area contributed by atoms with Gasteiger partial charge in [0.25, 0.3) is 0 Å². The second-order valence-electron chi connectivity index (χ2n) is 7.99. The van der Waals surface area contributed by atoms with Crippen LogP contribution in [0.3, 0.4) is 0 Å². The number of hydrogen-bond donors (Lipinski definition) is 2. The average Bonchev–Trinajstić information content (AvgIpc) is 3.42. The summed E-state index contributed by atoms with van der Waals surface area (Å²) in [7, 11) is 1.63. The first kappa shape index (κ1) is 20.3. The molecule has 3 atom stereocenters. The summed E-state index contributed by atoms with van der Waals surface area (Å²) < 4.78 is 5.56. The van der Waals surface area contributed by atoms with E-state index in [2.05, 4.69) is 25.8 Å². The minimum atomic E-state index is -0.292. The zero-order valence-electron chi connectivity index (χ0n) is 17.2. The number of rotatable bonds is 2. The summed E-state index contributed by atoms with van der Waals surface area (Å²) in [4.78, 5) is 36.1. The number of carbonyl (C=O) groups is 2. The molecule has 2 fully saturated rings. The van der Waals surface area contributed by atoms with Gasteiger partial charge in [0.15, 0.2) is 0 Å². The lowest BCUT2D eigenvalue weighted by Gasteiger charge is -2.32. The summed E-state index contributed by atoms with van der Waals surface area (Å²) >= 11 is 0. The standard InChI is InChI=1S/C21H28N6O3/c1-22-21(29)27-10-5-3-2-4-9-24-19(28)16-11-15(12-17(16)27)20-25-18(26-30-20)14-7-6-8-23-13-14/h6-8,13,15-17H,2-5,9-12H2,1H3,(H,22,29)(H,24,28)/t15-,16-,17+/m1/s1. The van der Waals surface area contributed by atoms with Crippen LogP contribution in [0.1, 0.15) is 50.3 Å². The minimum Gasteiger partial charge on any atom is -0.356 e. The first-order chi connectivity index (χ1) is 14.7. The largest absolute Gasteiger partial charge is 0.356 e. The molecule has 2 aromatic heterocycles. The van der Waals surface area contributed by atoms with Crippen molar-refractivity contribution in [3.05, 3.63) is 30.4 Å². The smallest absolute Gasteiger partial charge is 0.317 e. The monoisotopic (exact) mass is 412 g/mol. The average molecular weight is 412 g/mol. The topological polar surface area (TPSA) is 113 Å². The van der Waals surface area contributed by atoms with Crippen molar-refractivity contribution in [2.24, 2.45) is 5.92 Å². The highest BCUT2D eigenvalue weighted by Gasteiger charge is 2.45. The predicted molar refractivity (Wildman–Crippen MR) is 109 cm³/mol. The first-order valence-electron chi connectivity index (χ1n) is 10.7. The Hall–Kier alpha value is -2.97. The Balaban J connectivity index is 1.58. The van der Waals surface area contributed by atoms with E-state index in [0.717, 1.165) is 31.2 Å². The van der Waals surface area contributed by atoms with Crippen LogP contribution in [0.15, 0.2) is 29.0 Å². The van der Waals surface area contributed by atoms with Gasteiger partial charge in [0.05, 0.1) is 5.92 Å². The highest BCUT2D eigenvalue weighted by molar-refractivity contribution is 5.81. The van der Waals surface area contributed by atoms with E-state index in [4.69, 9.17) is 4.52 Å². The van der Waals surface area contributed by atoms with E-state index in [1.54, 1.807) is 19.4 Å². The third kappa shape index (κ3) is 4.29. The van der Waals surface area contributed by atoms with Gasteiger partial charge < -0.3 is 20.1 Å². The number of amides is 3. The normalized spacial score (nSPS) is 25.2. The van der Waals surface area contributed by atoms with Crippen molar-refractivity contribution in [1.82, 2.24) is 30.7 Å². The lowest BCUT2D eigenvalue weighted by atomic mass is 10.0. The molecular weight excluding hydrogens is 384 g/mol. The number of urea groups is 1. The zero-order valence-corrected chi connectivity index (χ0v) is 17.2. The Labute approximate surface area is 175 Å². The van der Waals surface area contributed by atoms with E-state index in [-0.39, 0.29) is 29.8 Å². The van der Waals surface area contributed by atoms with Gasteiger partial charge in [-0.3, -0.25) is 9.78 Å². The van der Waals surface area contributed by atoms with Crippen molar-refractivity contribution in [3.8, 4) is 11.4 Å². The third-order valence-corrected chi connectivity index (χ3v) is 6.08. The quantitative estimate of drug-likeness (QED) is 0.783. The SMILES string of the molecule is CNC(=O)N1CCCCCCNC(=O)[C@@H]2C[C@@H](c3nc(-c4cccnc4)no3)C[C@@H]21. The first-order valence-corrected chi connectivity index (χ1v) is 10.7. The van der Waals surface area contributed by atoms with Gasteiger partial charge in [-0.05, 0) is 37.8 Å². The maximum absolute atomic E-state index is 12.9. The number of hydrogen-bond acceptors (Lipinski definition) is 6. The lowest BCUT2D eigenvalue weighted by molar-refractivity contribution is -0.126. The van der Waals surface area contributed by atoms with Crippen molar-refractivity contribution in [2.75, 3.05) is 20.1 Å². The van der Waals surface area contributed by atoms with Crippen LogP contribution in [-0.4, -0.2) is 58.1 Å². The molecule has 2 aromatic rings. The van der Waals surface area contributed by atoms with Crippen LogP contribution in [0, 0.1) is 5.92 Å². The summed E-state index contributed by atoms with van der Waals surface area (Å²) in [5, 5.41) is 9.90. The van der Waals surface area contributed by atoms with Gasteiger partial charge in [0.2, 0.25) is 17.6 Å². The number of nitrogens with zero attached hydrogens (tertiary/aromatic N) is 4. The molecule has 4 rings (SSSR count).